The Hall–Kier alpha value is -3.65. The van der Waals surface area contributed by atoms with Crippen LogP contribution in [0.2, 0.25) is 0 Å². The number of ether oxygens (including phenoxy) is 2. The Balaban J connectivity index is 1.51. The van der Waals surface area contributed by atoms with Gasteiger partial charge in [0.2, 0.25) is 0 Å². The number of methoxy groups -OCH3 is 2. The maximum absolute atomic E-state index is 12.6. The first-order chi connectivity index (χ1) is 14.2. The molecule has 0 aliphatic heterocycles. The number of amides is 1. The van der Waals surface area contributed by atoms with Crippen LogP contribution in [0.5, 0.6) is 11.5 Å². The van der Waals surface area contributed by atoms with Crippen molar-refractivity contribution in [3.8, 4) is 28.4 Å². The zero-order valence-corrected chi connectivity index (χ0v) is 16.6. The van der Waals surface area contributed by atoms with Crippen LogP contribution in [0.1, 0.15) is 10.4 Å². The summed E-state index contributed by atoms with van der Waals surface area (Å²) in [5, 5.41) is 9.44. The molecule has 1 N–H and O–H groups in total. The lowest BCUT2D eigenvalue weighted by Gasteiger charge is -2.08. The molecule has 4 rings (SSSR count). The molecule has 0 atom stereocenters. The monoisotopic (exact) mass is 406 g/mol. The topological polar surface area (TPSA) is 78.3 Å². The molecule has 0 aliphatic carbocycles. The summed E-state index contributed by atoms with van der Waals surface area (Å²) in [6.45, 7) is 0. The number of para-hydroxylation sites is 1. The average molecular weight is 406 g/mol. The molecule has 29 heavy (non-hydrogen) atoms. The van der Waals surface area contributed by atoms with E-state index in [1.807, 2.05) is 47.8 Å². The van der Waals surface area contributed by atoms with Gasteiger partial charge >= 0.3 is 0 Å². The van der Waals surface area contributed by atoms with Crippen LogP contribution < -0.4 is 14.8 Å². The highest BCUT2D eigenvalue weighted by atomic mass is 32.1. The summed E-state index contributed by atoms with van der Waals surface area (Å²) in [6.07, 6.45) is 3.22. The van der Waals surface area contributed by atoms with Crippen molar-refractivity contribution in [2.24, 2.45) is 0 Å². The van der Waals surface area contributed by atoms with E-state index >= 15 is 0 Å². The summed E-state index contributed by atoms with van der Waals surface area (Å²) in [5.74, 6) is 1.08. The molecule has 2 aromatic carbocycles. The van der Waals surface area contributed by atoms with Crippen LogP contribution in [0, 0.1) is 0 Å². The van der Waals surface area contributed by atoms with E-state index < -0.39 is 0 Å². The van der Waals surface area contributed by atoms with Crippen molar-refractivity contribution in [2.75, 3.05) is 19.5 Å². The molecule has 4 aromatic rings. The molecule has 8 heteroatoms. The molecule has 0 saturated heterocycles. The van der Waals surface area contributed by atoms with E-state index in [1.54, 1.807) is 31.2 Å². The van der Waals surface area contributed by atoms with E-state index in [2.05, 4.69) is 15.4 Å². The maximum Gasteiger partial charge on any atom is 0.260 e. The highest BCUT2D eigenvalue weighted by Crippen LogP contribution is 2.34. The van der Waals surface area contributed by atoms with E-state index in [0.29, 0.717) is 27.9 Å². The van der Waals surface area contributed by atoms with Gasteiger partial charge in [0.15, 0.2) is 5.13 Å². The number of rotatable bonds is 6. The Labute approximate surface area is 171 Å². The van der Waals surface area contributed by atoms with Gasteiger partial charge in [0.25, 0.3) is 5.91 Å². The summed E-state index contributed by atoms with van der Waals surface area (Å²) in [6, 6.07) is 15.1. The minimum Gasteiger partial charge on any atom is -0.497 e. The van der Waals surface area contributed by atoms with Crippen LogP contribution in [0.15, 0.2) is 66.3 Å². The molecule has 0 fully saturated rings. The second kappa shape index (κ2) is 8.15. The third kappa shape index (κ3) is 3.97. The van der Waals surface area contributed by atoms with Crippen molar-refractivity contribution in [1.82, 2.24) is 14.8 Å². The van der Waals surface area contributed by atoms with Gasteiger partial charge in [-0.3, -0.25) is 10.1 Å². The van der Waals surface area contributed by atoms with Crippen molar-refractivity contribution in [3.63, 3.8) is 0 Å². The van der Waals surface area contributed by atoms with Crippen LogP contribution >= 0.6 is 11.3 Å². The van der Waals surface area contributed by atoms with Crippen molar-refractivity contribution in [1.29, 1.82) is 0 Å². The first-order valence-electron chi connectivity index (χ1n) is 8.77. The fourth-order valence-electron chi connectivity index (χ4n) is 2.80. The lowest BCUT2D eigenvalue weighted by molar-refractivity contribution is 0.102. The largest absolute Gasteiger partial charge is 0.497 e. The van der Waals surface area contributed by atoms with E-state index in [4.69, 9.17) is 9.47 Å². The molecule has 2 heterocycles. The summed E-state index contributed by atoms with van der Waals surface area (Å²) in [7, 11) is 3.20. The zero-order chi connectivity index (χ0) is 20.2. The standard InChI is InChI=1S/C21H18N4O3S/c1-27-16-8-9-17(19(10-16)28-2)18-13-29-21(23-18)24-20(26)14-11-22-25(12-14)15-6-4-3-5-7-15/h3-13H,1-2H3,(H,23,24,26). The Bertz CT molecular complexity index is 1140. The van der Waals surface area contributed by atoms with Crippen molar-refractivity contribution in [2.45, 2.75) is 0 Å². The third-order valence-electron chi connectivity index (χ3n) is 4.27. The number of carbonyl (C=O) groups excluding carboxylic acids is 1. The summed E-state index contributed by atoms with van der Waals surface area (Å²) in [5.41, 5.74) is 2.87. The SMILES string of the molecule is COc1ccc(-c2csc(NC(=O)c3cnn(-c4ccccc4)c3)n2)c(OC)c1. The Morgan fingerprint density at radius 3 is 2.69 bits per heavy atom. The predicted octanol–water partition coefficient (Wildman–Crippen LogP) is 4.27. The first-order valence-corrected chi connectivity index (χ1v) is 9.65. The predicted molar refractivity (Wildman–Crippen MR) is 112 cm³/mol. The number of hydrogen-bond donors (Lipinski definition) is 1. The number of carbonyl (C=O) groups is 1. The fraction of sp³-hybridized carbons (Fsp3) is 0.0952. The third-order valence-corrected chi connectivity index (χ3v) is 5.03. The van der Waals surface area contributed by atoms with Gasteiger partial charge in [0, 0.05) is 23.2 Å². The minimum absolute atomic E-state index is 0.269. The minimum atomic E-state index is -0.269. The molecule has 2 aromatic heterocycles. The smallest absolute Gasteiger partial charge is 0.260 e. The number of hydrogen-bond acceptors (Lipinski definition) is 6. The van der Waals surface area contributed by atoms with Gasteiger partial charge in [-0.15, -0.1) is 11.3 Å². The van der Waals surface area contributed by atoms with E-state index in [9.17, 15) is 4.79 Å². The van der Waals surface area contributed by atoms with Gasteiger partial charge in [0.1, 0.15) is 11.5 Å². The Morgan fingerprint density at radius 1 is 1.10 bits per heavy atom. The summed E-state index contributed by atoms with van der Waals surface area (Å²) >= 11 is 1.34. The fourth-order valence-corrected chi connectivity index (χ4v) is 3.50. The number of nitrogens with one attached hydrogen (secondary N) is 1. The van der Waals surface area contributed by atoms with Gasteiger partial charge in [-0.1, -0.05) is 18.2 Å². The van der Waals surface area contributed by atoms with Gasteiger partial charge < -0.3 is 9.47 Å². The summed E-state index contributed by atoms with van der Waals surface area (Å²) < 4.78 is 12.3. The molecule has 0 aliphatic rings. The number of anilines is 1. The van der Waals surface area contributed by atoms with E-state index in [1.165, 1.54) is 17.5 Å². The van der Waals surface area contributed by atoms with Crippen molar-refractivity contribution >= 4 is 22.4 Å². The normalized spacial score (nSPS) is 10.6. The number of nitrogens with zero attached hydrogens (tertiary/aromatic N) is 3. The molecule has 7 nitrogen and oxygen atoms in total. The number of aromatic nitrogens is 3. The second-order valence-electron chi connectivity index (χ2n) is 6.07. The van der Waals surface area contributed by atoms with Crippen LogP contribution in [-0.2, 0) is 0 Å². The number of benzene rings is 2. The Morgan fingerprint density at radius 2 is 1.93 bits per heavy atom. The van der Waals surface area contributed by atoms with Crippen molar-refractivity contribution in [3.05, 3.63) is 71.9 Å². The van der Waals surface area contributed by atoms with Crippen molar-refractivity contribution < 1.29 is 14.3 Å². The van der Waals surface area contributed by atoms with Crippen LogP contribution in [-0.4, -0.2) is 34.9 Å². The van der Waals surface area contributed by atoms with Gasteiger partial charge in [-0.05, 0) is 24.3 Å². The lowest BCUT2D eigenvalue weighted by Crippen LogP contribution is -2.10. The lowest BCUT2D eigenvalue weighted by atomic mass is 10.1. The van der Waals surface area contributed by atoms with Crippen LogP contribution in [0.4, 0.5) is 5.13 Å². The molecular weight excluding hydrogens is 388 g/mol. The highest BCUT2D eigenvalue weighted by molar-refractivity contribution is 7.14. The molecule has 0 bridgehead atoms. The van der Waals surface area contributed by atoms with Gasteiger partial charge in [-0.2, -0.15) is 5.10 Å². The molecule has 1 amide bonds. The van der Waals surface area contributed by atoms with Gasteiger partial charge in [0.05, 0.1) is 37.4 Å². The van der Waals surface area contributed by atoms with Gasteiger partial charge in [-0.25, -0.2) is 9.67 Å². The quantitative estimate of drug-likeness (QED) is 0.517. The zero-order valence-electron chi connectivity index (χ0n) is 15.8. The second-order valence-corrected chi connectivity index (χ2v) is 6.93. The molecule has 0 spiro atoms. The maximum atomic E-state index is 12.6. The number of thiazole rings is 1. The molecule has 0 radical (unpaired) electrons. The van der Waals surface area contributed by atoms with Crippen LogP contribution in [0.3, 0.4) is 0 Å². The molecule has 0 unspecified atom stereocenters. The molecular formula is C21H18N4O3S. The highest BCUT2D eigenvalue weighted by Gasteiger charge is 2.15. The molecule has 0 saturated carbocycles. The first kappa shape index (κ1) is 18.7. The Kier molecular flexibility index (Phi) is 5.26. The van der Waals surface area contributed by atoms with E-state index in [-0.39, 0.29) is 5.91 Å². The molecule has 146 valence electrons. The van der Waals surface area contributed by atoms with Crippen LogP contribution in [0.25, 0.3) is 16.9 Å². The summed E-state index contributed by atoms with van der Waals surface area (Å²) in [4.78, 5) is 17.1. The van der Waals surface area contributed by atoms with E-state index in [0.717, 1.165) is 11.3 Å². The average Bonchev–Trinajstić information content (AvgIpc) is 3.44.